The molecule has 0 atom stereocenters. The predicted octanol–water partition coefficient (Wildman–Crippen LogP) is 2.84. The van der Waals surface area contributed by atoms with Gasteiger partial charge in [-0.25, -0.2) is 5.43 Å². The number of thiophene rings is 1. The molecular formula is C18H16N4O4S. The molecule has 2 N–H and O–H groups in total. The van der Waals surface area contributed by atoms with Crippen LogP contribution in [-0.2, 0) is 4.79 Å². The molecule has 0 aliphatic carbocycles. The Balaban J connectivity index is 1.65. The third-order valence-corrected chi connectivity index (χ3v) is 4.32. The highest BCUT2D eigenvalue weighted by Crippen LogP contribution is 2.27. The second kappa shape index (κ2) is 8.28. The Labute approximate surface area is 158 Å². The zero-order valence-electron chi connectivity index (χ0n) is 14.6. The first-order chi connectivity index (χ1) is 13.1. The largest absolute Gasteiger partial charge is 0.493 e. The van der Waals surface area contributed by atoms with Crippen molar-refractivity contribution < 1.29 is 19.1 Å². The number of esters is 1. The summed E-state index contributed by atoms with van der Waals surface area (Å²) in [7, 11) is 1.47. The van der Waals surface area contributed by atoms with Gasteiger partial charge in [0.2, 0.25) is 0 Å². The van der Waals surface area contributed by atoms with Crippen molar-refractivity contribution >= 4 is 29.4 Å². The third kappa shape index (κ3) is 4.59. The van der Waals surface area contributed by atoms with E-state index in [1.54, 1.807) is 35.6 Å². The van der Waals surface area contributed by atoms with Crippen molar-refractivity contribution in [1.29, 1.82) is 0 Å². The van der Waals surface area contributed by atoms with E-state index in [1.165, 1.54) is 20.2 Å². The van der Waals surface area contributed by atoms with Crippen LogP contribution in [0.3, 0.4) is 0 Å². The van der Waals surface area contributed by atoms with Gasteiger partial charge in [-0.2, -0.15) is 10.2 Å². The Bertz CT molecular complexity index is 979. The minimum absolute atomic E-state index is 0.235. The maximum Gasteiger partial charge on any atom is 0.308 e. The molecule has 9 heteroatoms. The lowest BCUT2D eigenvalue weighted by Crippen LogP contribution is -2.18. The molecule has 2 heterocycles. The Kier molecular flexibility index (Phi) is 5.62. The molecule has 0 radical (unpaired) electrons. The highest BCUT2D eigenvalue weighted by Gasteiger charge is 2.11. The average molecular weight is 384 g/mol. The van der Waals surface area contributed by atoms with E-state index >= 15 is 0 Å². The van der Waals surface area contributed by atoms with Gasteiger partial charge in [0.15, 0.2) is 17.2 Å². The van der Waals surface area contributed by atoms with Gasteiger partial charge in [0.25, 0.3) is 5.91 Å². The van der Waals surface area contributed by atoms with Crippen molar-refractivity contribution in [3.05, 3.63) is 53.0 Å². The molecule has 2 aromatic heterocycles. The number of H-pyrrole nitrogens is 1. The molecule has 0 saturated carbocycles. The fourth-order valence-electron chi connectivity index (χ4n) is 2.22. The quantitative estimate of drug-likeness (QED) is 0.294. The van der Waals surface area contributed by atoms with Crippen LogP contribution in [0, 0.1) is 0 Å². The summed E-state index contributed by atoms with van der Waals surface area (Å²) in [4.78, 5) is 24.2. The molecule has 0 spiro atoms. The van der Waals surface area contributed by atoms with Crippen LogP contribution in [0.4, 0.5) is 0 Å². The number of benzene rings is 1. The van der Waals surface area contributed by atoms with Crippen LogP contribution in [-0.4, -0.2) is 35.4 Å². The van der Waals surface area contributed by atoms with Gasteiger partial charge in [-0.1, -0.05) is 6.07 Å². The van der Waals surface area contributed by atoms with Crippen LogP contribution in [0.25, 0.3) is 10.6 Å². The summed E-state index contributed by atoms with van der Waals surface area (Å²) in [5, 5.41) is 12.7. The number of hydrogen-bond donors (Lipinski definition) is 2. The number of carbonyl (C=O) groups is 2. The number of nitrogens with zero attached hydrogens (tertiary/aromatic N) is 2. The molecule has 0 aliphatic heterocycles. The molecule has 0 unspecified atom stereocenters. The van der Waals surface area contributed by atoms with Gasteiger partial charge >= 0.3 is 5.97 Å². The lowest BCUT2D eigenvalue weighted by molar-refractivity contribution is -0.132. The number of ether oxygens (including phenoxy) is 2. The van der Waals surface area contributed by atoms with Crippen molar-refractivity contribution in [1.82, 2.24) is 15.6 Å². The fourth-order valence-corrected chi connectivity index (χ4v) is 2.91. The molecule has 138 valence electrons. The smallest absolute Gasteiger partial charge is 0.308 e. The van der Waals surface area contributed by atoms with Gasteiger partial charge in [-0.15, -0.1) is 11.3 Å². The number of carbonyl (C=O) groups excluding carboxylic acids is 2. The average Bonchev–Trinajstić information content (AvgIpc) is 3.33. The van der Waals surface area contributed by atoms with E-state index in [9.17, 15) is 9.59 Å². The van der Waals surface area contributed by atoms with Crippen molar-refractivity contribution in [3.63, 3.8) is 0 Å². The van der Waals surface area contributed by atoms with Crippen molar-refractivity contribution in [2.24, 2.45) is 5.10 Å². The second-order valence-corrected chi connectivity index (χ2v) is 6.29. The number of hydrogen-bond acceptors (Lipinski definition) is 7. The number of methoxy groups -OCH3 is 1. The first kappa shape index (κ1) is 18.3. The van der Waals surface area contributed by atoms with E-state index in [0.29, 0.717) is 17.1 Å². The monoisotopic (exact) mass is 384 g/mol. The molecule has 0 aliphatic rings. The second-order valence-electron chi connectivity index (χ2n) is 5.35. The van der Waals surface area contributed by atoms with Crippen molar-refractivity contribution in [3.8, 4) is 22.1 Å². The summed E-state index contributed by atoms with van der Waals surface area (Å²) in [5.41, 5.74) is 4.08. The van der Waals surface area contributed by atoms with Gasteiger partial charge in [-0.05, 0) is 41.3 Å². The minimum Gasteiger partial charge on any atom is -0.493 e. The van der Waals surface area contributed by atoms with E-state index in [0.717, 1.165) is 10.6 Å². The van der Waals surface area contributed by atoms with Crippen LogP contribution in [0.15, 0.2) is 46.9 Å². The number of hydrazone groups is 1. The van der Waals surface area contributed by atoms with Gasteiger partial charge < -0.3 is 9.47 Å². The first-order valence-electron chi connectivity index (χ1n) is 7.86. The molecule has 0 bridgehead atoms. The summed E-state index contributed by atoms with van der Waals surface area (Å²) < 4.78 is 10.2. The van der Waals surface area contributed by atoms with Gasteiger partial charge in [0.05, 0.1) is 23.9 Å². The molecular weight excluding hydrogens is 368 g/mol. The fraction of sp³-hybridized carbons (Fsp3) is 0.111. The molecule has 8 nitrogen and oxygen atoms in total. The third-order valence-electron chi connectivity index (χ3n) is 3.42. The topological polar surface area (TPSA) is 106 Å². The van der Waals surface area contributed by atoms with Crippen LogP contribution in [0.5, 0.6) is 11.5 Å². The maximum atomic E-state index is 12.1. The molecule has 1 aromatic carbocycles. The summed E-state index contributed by atoms with van der Waals surface area (Å²) in [5.74, 6) is -0.186. The van der Waals surface area contributed by atoms with Gasteiger partial charge in [-0.3, -0.25) is 14.7 Å². The SMILES string of the molecule is COc1cc(C=NNC(=O)c2cc(-c3cccs3)[nH]n2)ccc1OC(C)=O. The van der Waals surface area contributed by atoms with E-state index in [-0.39, 0.29) is 5.69 Å². The number of amides is 1. The van der Waals surface area contributed by atoms with E-state index in [1.807, 2.05) is 17.5 Å². The molecule has 0 fully saturated rings. The Hall–Kier alpha value is -3.46. The Morgan fingerprint density at radius 3 is 2.81 bits per heavy atom. The maximum absolute atomic E-state index is 12.1. The van der Waals surface area contributed by atoms with E-state index < -0.39 is 11.9 Å². The molecule has 0 saturated heterocycles. The molecule has 3 aromatic rings. The Morgan fingerprint density at radius 2 is 2.11 bits per heavy atom. The van der Waals surface area contributed by atoms with E-state index in [4.69, 9.17) is 9.47 Å². The first-order valence-corrected chi connectivity index (χ1v) is 8.74. The van der Waals surface area contributed by atoms with Crippen LogP contribution in [0.2, 0.25) is 0 Å². The van der Waals surface area contributed by atoms with Crippen LogP contribution < -0.4 is 14.9 Å². The zero-order chi connectivity index (χ0) is 19.2. The zero-order valence-corrected chi connectivity index (χ0v) is 15.4. The van der Waals surface area contributed by atoms with E-state index in [2.05, 4.69) is 20.7 Å². The minimum atomic E-state index is -0.442. The Morgan fingerprint density at radius 1 is 1.26 bits per heavy atom. The summed E-state index contributed by atoms with van der Waals surface area (Å²) >= 11 is 1.55. The normalized spacial score (nSPS) is 10.7. The van der Waals surface area contributed by atoms with Crippen molar-refractivity contribution in [2.75, 3.05) is 7.11 Å². The molecule has 27 heavy (non-hydrogen) atoms. The van der Waals surface area contributed by atoms with Gasteiger partial charge in [0.1, 0.15) is 0 Å². The standard InChI is InChI=1S/C18H16N4O4S/c1-11(23)26-15-6-5-12(8-16(15)25-2)10-19-22-18(24)14-9-13(20-21-14)17-4-3-7-27-17/h3-10H,1-2H3,(H,20,21)(H,22,24). The summed E-state index contributed by atoms with van der Waals surface area (Å²) in [6.45, 7) is 1.31. The number of aromatic amines is 1. The summed E-state index contributed by atoms with van der Waals surface area (Å²) in [6, 6.07) is 10.4. The molecule has 3 rings (SSSR count). The number of nitrogens with one attached hydrogen (secondary N) is 2. The van der Waals surface area contributed by atoms with Crippen LogP contribution in [0.1, 0.15) is 23.0 Å². The molecule has 1 amide bonds. The number of rotatable bonds is 6. The summed E-state index contributed by atoms with van der Waals surface area (Å²) in [6.07, 6.45) is 1.45. The lowest BCUT2D eigenvalue weighted by Gasteiger charge is -2.08. The highest BCUT2D eigenvalue weighted by atomic mass is 32.1. The predicted molar refractivity (Wildman–Crippen MR) is 101 cm³/mol. The van der Waals surface area contributed by atoms with Gasteiger partial charge in [0, 0.05) is 6.92 Å². The van der Waals surface area contributed by atoms with Crippen LogP contribution >= 0.6 is 11.3 Å². The highest BCUT2D eigenvalue weighted by molar-refractivity contribution is 7.13. The van der Waals surface area contributed by atoms with Crippen molar-refractivity contribution in [2.45, 2.75) is 6.92 Å². The lowest BCUT2D eigenvalue weighted by atomic mass is 10.2. The number of aromatic nitrogens is 2.